The second-order valence-electron chi connectivity index (χ2n) is 7.58. The standard InChI is InChI=1S/C19H26N4O4/c1-2-3-15-18(24)23(19(25)20-15)12-22-8-6-21(7-9-22)11-14-4-5-16-17(10-14)27-13-26-16/h4-5,10,15H,2-3,6-9,11-13H2,1H3,(H,20,25)/p+2/t15-/m1/s1. The van der Waals surface area contributed by atoms with E-state index in [4.69, 9.17) is 9.47 Å². The summed E-state index contributed by atoms with van der Waals surface area (Å²) in [5, 5.41) is 2.80. The number of hydrogen-bond donors (Lipinski definition) is 3. The van der Waals surface area contributed by atoms with Crippen LogP contribution >= 0.6 is 0 Å². The van der Waals surface area contributed by atoms with Crippen molar-refractivity contribution in [3.05, 3.63) is 23.8 Å². The lowest BCUT2D eigenvalue weighted by Crippen LogP contribution is -3.28. The van der Waals surface area contributed by atoms with Crippen LogP contribution in [0.15, 0.2) is 18.2 Å². The Labute approximate surface area is 159 Å². The third kappa shape index (κ3) is 3.86. The van der Waals surface area contributed by atoms with Crippen molar-refractivity contribution in [3.8, 4) is 11.5 Å². The van der Waals surface area contributed by atoms with Gasteiger partial charge in [0.15, 0.2) is 18.2 Å². The highest BCUT2D eigenvalue weighted by molar-refractivity contribution is 6.03. The molecule has 1 atom stereocenters. The van der Waals surface area contributed by atoms with Gasteiger partial charge >= 0.3 is 6.03 Å². The highest BCUT2D eigenvalue weighted by Gasteiger charge is 2.40. The average Bonchev–Trinajstić information content (AvgIpc) is 3.23. The van der Waals surface area contributed by atoms with Crippen molar-refractivity contribution >= 4 is 11.9 Å². The van der Waals surface area contributed by atoms with Gasteiger partial charge < -0.3 is 24.6 Å². The lowest BCUT2D eigenvalue weighted by Gasteiger charge is -2.31. The second-order valence-corrected chi connectivity index (χ2v) is 7.58. The molecule has 4 rings (SSSR count). The molecule has 3 aliphatic rings. The van der Waals surface area contributed by atoms with Crippen LogP contribution in [-0.4, -0.2) is 62.5 Å². The van der Waals surface area contributed by atoms with Crippen LogP contribution in [0.2, 0.25) is 0 Å². The van der Waals surface area contributed by atoms with E-state index in [9.17, 15) is 9.59 Å². The number of fused-ring (bicyclic) bond motifs is 1. The zero-order chi connectivity index (χ0) is 18.8. The Hall–Kier alpha value is -2.32. The predicted octanol–water partition coefficient (Wildman–Crippen LogP) is -1.62. The minimum atomic E-state index is -0.333. The second kappa shape index (κ2) is 7.74. The third-order valence-corrected chi connectivity index (χ3v) is 5.62. The molecule has 2 fully saturated rings. The lowest BCUT2D eigenvalue weighted by atomic mass is 10.1. The molecule has 27 heavy (non-hydrogen) atoms. The maximum Gasteiger partial charge on any atom is 0.329 e. The van der Waals surface area contributed by atoms with Crippen molar-refractivity contribution < 1.29 is 28.9 Å². The molecule has 1 aromatic carbocycles. The fourth-order valence-corrected chi connectivity index (χ4v) is 4.07. The van der Waals surface area contributed by atoms with Gasteiger partial charge in [0.2, 0.25) is 6.79 Å². The normalized spacial score (nSPS) is 27.1. The molecular weight excluding hydrogens is 348 g/mol. The van der Waals surface area contributed by atoms with Crippen molar-refractivity contribution in [1.29, 1.82) is 0 Å². The van der Waals surface area contributed by atoms with E-state index < -0.39 is 0 Å². The van der Waals surface area contributed by atoms with Crippen molar-refractivity contribution in [2.45, 2.75) is 32.4 Å². The topological polar surface area (TPSA) is 76.8 Å². The van der Waals surface area contributed by atoms with Gasteiger partial charge in [-0.05, 0) is 24.6 Å². The van der Waals surface area contributed by atoms with E-state index in [1.807, 2.05) is 13.0 Å². The summed E-state index contributed by atoms with van der Waals surface area (Å²) in [6, 6.07) is 5.57. The Morgan fingerprint density at radius 1 is 1.11 bits per heavy atom. The first-order valence-electron chi connectivity index (χ1n) is 9.81. The Kier molecular flexibility index (Phi) is 5.18. The molecule has 0 saturated carbocycles. The van der Waals surface area contributed by atoms with E-state index in [1.165, 1.54) is 20.3 Å². The molecule has 3 aliphatic heterocycles. The van der Waals surface area contributed by atoms with Crippen LogP contribution in [-0.2, 0) is 11.3 Å². The number of rotatable bonds is 6. The van der Waals surface area contributed by atoms with Crippen LogP contribution in [0.4, 0.5) is 4.79 Å². The molecule has 0 unspecified atom stereocenters. The summed E-state index contributed by atoms with van der Waals surface area (Å²) in [4.78, 5) is 28.7. The fourth-order valence-electron chi connectivity index (χ4n) is 4.07. The summed E-state index contributed by atoms with van der Waals surface area (Å²) in [7, 11) is 0. The number of benzene rings is 1. The first-order chi connectivity index (χ1) is 13.1. The van der Waals surface area contributed by atoms with Gasteiger partial charge in [-0.25, -0.2) is 9.69 Å². The quantitative estimate of drug-likeness (QED) is 0.522. The molecule has 3 amide bonds. The summed E-state index contributed by atoms with van der Waals surface area (Å²) in [6.07, 6.45) is 1.60. The Bertz CT molecular complexity index is 718. The van der Waals surface area contributed by atoms with E-state index in [0.717, 1.165) is 50.6 Å². The number of nitrogens with zero attached hydrogens (tertiary/aromatic N) is 1. The van der Waals surface area contributed by atoms with Crippen LogP contribution in [0.3, 0.4) is 0 Å². The first kappa shape index (κ1) is 18.1. The number of carbonyl (C=O) groups excluding carboxylic acids is 2. The van der Waals surface area contributed by atoms with Gasteiger partial charge in [-0.1, -0.05) is 13.3 Å². The Morgan fingerprint density at radius 3 is 2.63 bits per heavy atom. The maximum atomic E-state index is 12.4. The minimum Gasteiger partial charge on any atom is -0.454 e. The van der Waals surface area contributed by atoms with Gasteiger partial charge in [0, 0.05) is 5.56 Å². The SMILES string of the molecule is CCC[C@H]1NC(=O)N(C[NH+]2CC[NH+](Cc3ccc4c(c3)OCO4)CC2)C1=O. The van der Waals surface area contributed by atoms with Gasteiger partial charge in [-0.15, -0.1) is 0 Å². The smallest absolute Gasteiger partial charge is 0.329 e. The van der Waals surface area contributed by atoms with Crippen molar-refractivity contribution in [1.82, 2.24) is 10.2 Å². The van der Waals surface area contributed by atoms with Gasteiger partial charge in [0.1, 0.15) is 38.8 Å². The van der Waals surface area contributed by atoms with Gasteiger partial charge in [0.05, 0.1) is 0 Å². The lowest BCUT2D eigenvalue weighted by molar-refractivity contribution is -1.02. The molecule has 1 aromatic rings. The van der Waals surface area contributed by atoms with Crippen LogP contribution in [0, 0.1) is 0 Å². The molecule has 0 spiro atoms. The predicted molar refractivity (Wildman–Crippen MR) is 96.6 cm³/mol. The molecule has 0 radical (unpaired) electrons. The monoisotopic (exact) mass is 376 g/mol. The van der Waals surface area contributed by atoms with Crippen LogP contribution in [0.25, 0.3) is 0 Å². The number of piperazine rings is 1. The molecule has 0 aromatic heterocycles. The van der Waals surface area contributed by atoms with Crippen LogP contribution in [0.5, 0.6) is 11.5 Å². The summed E-state index contributed by atoms with van der Waals surface area (Å²) in [5.41, 5.74) is 1.24. The van der Waals surface area contributed by atoms with Crippen molar-refractivity contribution in [2.24, 2.45) is 0 Å². The summed E-state index contributed by atoms with van der Waals surface area (Å²) < 4.78 is 10.8. The first-order valence-corrected chi connectivity index (χ1v) is 9.81. The van der Waals surface area contributed by atoms with Crippen LogP contribution < -0.4 is 24.6 Å². The van der Waals surface area contributed by atoms with Gasteiger partial charge in [0.25, 0.3) is 5.91 Å². The Balaban J connectivity index is 1.27. The van der Waals surface area contributed by atoms with Gasteiger partial charge in [-0.2, -0.15) is 0 Å². The van der Waals surface area contributed by atoms with Crippen LogP contribution in [0.1, 0.15) is 25.3 Å². The highest BCUT2D eigenvalue weighted by atomic mass is 16.7. The number of hydrogen-bond acceptors (Lipinski definition) is 4. The zero-order valence-electron chi connectivity index (χ0n) is 15.8. The Morgan fingerprint density at radius 2 is 1.85 bits per heavy atom. The number of amides is 3. The number of carbonyl (C=O) groups is 2. The third-order valence-electron chi connectivity index (χ3n) is 5.62. The molecule has 146 valence electrons. The van der Waals surface area contributed by atoms with E-state index in [-0.39, 0.29) is 18.0 Å². The van der Waals surface area contributed by atoms with Crippen molar-refractivity contribution in [2.75, 3.05) is 39.6 Å². The molecule has 8 heteroatoms. The van der Waals surface area contributed by atoms with E-state index in [2.05, 4.69) is 17.4 Å². The molecule has 0 bridgehead atoms. The van der Waals surface area contributed by atoms with Crippen molar-refractivity contribution in [3.63, 3.8) is 0 Å². The summed E-state index contributed by atoms with van der Waals surface area (Å²) in [5.74, 6) is 1.58. The number of urea groups is 1. The largest absolute Gasteiger partial charge is 0.454 e. The zero-order valence-corrected chi connectivity index (χ0v) is 15.8. The number of imide groups is 1. The maximum absolute atomic E-state index is 12.4. The minimum absolute atomic E-state index is 0.0653. The molecule has 0 aliphatic carbocycles. The number of ether oxygens (including phenoxy) is 2. The highest BCUT2D eigenvalue weighted by Crippen LogP contribution is 2.32. The van der Waals surface area contributed by atoms with E-state index in [1.54, 1.807) is 0 Å². The average molecular weight is 376 g/mol. The molecule has 3 N–H and O–H groups in total. The molecular formula is C19H28N4O4+2. The molecule has 2 saturated heterocycles. The van der Waals surface area contributed by atoms with E-state index in [0.29, 0.717) is 19.9 Å². The summed E-state index contributed by atoms with van der Waals surface area (Å²) in [6.45, 7) is 7.70. The van der Waals surface area contributed by atoms with E-state index >= 15 is 0 Å². The van der Waals surface area contributed by atoms with Gasteiger partial charge in [-0.3, -0.25) is 4.79 Å². The number of nitrogens with one attached hydrogen (secondary N) is 3. The molecule has 3 heterocycles. The number of quaternary nitrogens is 2. The molecule has 8 nitrogen and oxygen atoms in total. The summed E-state index contributed by atoms with van der Waals surface area (Å²) >= 11 is 0. The fraction of sp³-hybridized carbons (Fsp3) is 0.579.